The second-order valence-electron chi connectivity index (χ2n) is 6.75. The molecule has 2 heterocycles. The van der Waals surface area contributed by atoms with E-state index < -0.39 is 5.91 Å². The summed E-state index contributed by atoms with van der Waals surface area (Å²) in [6.45, 7) is 4.38. The van der Waals surface area contributed by atoms with Crippen LogP contribution in [0.1, 0.15) is 27.0 Å². The van der Waals surface area contributed by atoms with Crippen LogP contribution in [0.3, 0.4) is 0 Å². The Morgan fingerprint density at radius 3 is 2.36 bits per heavy atom. The summed E-state index contributed by atoms with van der Waals surface area (Å²) in [7, 11) is 0. The Kier molecular flexibility index (Phi) is 4.79. The first-order valence-corrected chi connectivity index (χ1v) is 9.81. The monoisotopic (exact) mass is 389 g/mol. The molecule has 2 aromatic heterocycles. The maximum Gasteiger partial charge on any atom is 0.271 e. The number of rotatable bonds is 4. The van der Waals surface area contributed by atoms with Gasteiger partial charge in [0.25, 0.3) is 11.5 Å². The number of amides is 1. The van der Waals surface area contributed by atoms with Gasteiger partial charge in [-0.05, 0) is 25.0 Å². The van der Waals surface area contributed by atoms with Crippen molar-refractivity contribution in [2.75, 3.05) is 0 Å². The molecule has 0 aliphatic heterocycles. The van der Waals surface area contributed by atoms with Crippen LogP contribution in [0, 0.1) is 13.8 Å². The van der Waals surface area contributed by atoms with Crippen molar-refractivity contribution >= 4 is 22.2 Å². The molecule has 0 bridgehead atoms. The molecule has 1 amide bonds. The predicted octanol–water partition coefficient (Wildman–Crippen LogP) is 3.97. The number of nitrogens with one attached hydrogen (secondary N) is 1. The fraction of sp³-hybridized carbons (Fsp3) is 0.136. The van der Waals surface area contributed by atoms with Crippen molar-refractivity contribution in [2.24, 2.45) is 0 Å². The van der Waals surface area contributed by atoms with Gasteiger partial charge in [-0.1, -0.05) is 59.7 Å². The molecule has 6 heteroatoms. The van der Waals surface area contributed by atoms with Crippen LogP contribution in [0.15, 0.2) is 64.9 Å². The molecule has 0 radical (unpaired) electrons. The van der Waals surface area contributed by atoms with E-state index in [0.29, 0.717) is 11.5 Å². The summed E-state index contributed by atoms with van der Waals surface area (Å²) < 4.78 is 1.51. The van der Waals surface area contributed by atoms with Crippen molar-refractivity contribution in [2.45, 2.75) is 20.4 Å². The summed E-state index contributed by atoms with van der Waals surface area (Å²) in [5.74, 6) is -0.423. The van der Waals surface area contributed by atoms with Gasteiger partial charge in [-0.25, -0.2) is 4.98 Å². The zero-order valence-corrected chi connectivity index (χ0v) is 16.4. The van der Waals surface area contributed by atoms with Crippen molar-refractivity contribution in [3.8, 4) is 11.3 Å². The molecule has 2 aromatic carbocycles. The first-order chi connectivity index (χ1) is 13.5. The van der Waals surface area contributed by atoms with Crippen LogP contribution < -0.4 is 10.9 Å². The van der Waals surface area contributed by atoms with Gasteiger partial charge in [-0.2, -0.15) is 0 Å². The highest BCUT2D eigenvalue weighted by molar-refractivity contribution is 7.15. The van der Waals surface area contributed by atoms with Crippen molar-refractivity contribution < 1.29 is 4.79 Å². The Balaban J connectivity index is 1.66. The van der Waals surface area contributed by atoms with Gasteiger partial charge in [0.1, 0.15) is 5.56 Å². The van der Waals surface area contributed by atoms with Gasteiger partial charge in [-0.15, -0.1) is 11.3 Å². The van der Waals surface area contributed by atoms with E-state index in [1.54, 1.807) is 0 Å². The van der Waals surface area contributed by atoms with Crippen LogP contribution in [0.2, 0.25) is 0 Å². The summed E-state index contributed by atoms with van der Waals surface area (Å²) in [5, 5.41) is 4.70. The molecule has 0 unspecified atom stereocenters. The minimum atomic E-state index is -0.423. The summed E-state index contributed by atoms with van der Waals surface area (Å²) in [6.07, 6.45) is 1.36. The Morgan fingerprint density at radius 2 is 1.68 bits per heavy atom. The highest BCUT2D eigenvalue weighted by Crippen LogP contribution is 2.24. The van der Waals surface area contributed by atoms with Crippen LogP contribution in [0.25, 0.3) is 16.2 Å². The van der Waals surface area contributed by atoms with E-state index in [-0.39, 0.29) is 11.1 Å². The van der Waals surface area contributed by atoms with E-state index in [1.165, 1.54) is 21.9 Å². The standard InChI is InChI=1S/C22H19N3O2S/c1-14-3-7-16(8-4-14)11-23-20(26)18-12-24-22-25(21(18)27)19(13-28-22)17-9-5-15(2)6-10-17/h3-10,12-13H,11H2,1-2H3,(H,23,26). The Hall–Kier alpha value is -3.25. The molecule has 0 atom stereocenters. The maximum atomic E-state index is 13.0. The van der Waals surface area contributed by atoms with E-state index in [0.717, 1.165) is 27.9 Å². The van der Waals surface area contributed by atoms with Crippen LogP contribution in [0.4, 0.5) is 0 Å². The van der Waals surface area contributed by atoms with E-state index in [9.17, 15) is 9.59 Å². The highest BCUT2D eigenvalue weighted by atomic mass is 32.1. The molecule has 140 valence electrons. The van der Waals surface area contributed by atoms with Crippen LogP contribution in [0.5, 0.6) is 0 Å². The van der Waals surface area contributed by atoms with Crippen molar-refractivity contribution in [3.63, 3.8) is 0 Å². The number of aryl methyl sites for hydroxylation is 2. The molecule has 0 saturated heterocycles. The van der Waals surface area contributed by atoms with Crippen molar-refractivity contribution in [1.82, 2.24) is 14.7 Å². The van der Waals surface area contributed by atoms with E-state index in [2.05, 4.69) is 10.3 Å². The molecule has 1 N–H and O–H groups in total. The Morgan fingerprint density at radius 1 is 1.04 bits per heavy atom. The van der Waals surface area contributed by atoms with Crippen LogP contribution in [-0.2, 0) is 6.54 Å². The van der Waals surface area contributed by atoms with Gasteiger partial charge >= 0.3 is 0 Å². The number of hydrogen-bond acceptors (Lipinski definition) is 4. The molecule has 4 aromatic rings. The van der Waals surface area contributed by atoms with E-state index in [4.69, 9.17) is 0 Å². The lowest BCUT2D eigenvalue weighted by Crippen LogP contribution is -2.31. The van der Waals surface area contributed by atoms with Crippen molar-refractivity contribution in [3.05, 3.63) is 92.7 Å². The zero-order chi connectivity index (χ0) is 19.7. The molecule has 4 rings (SSSR count). The van der Waals surface area contributed by atoms with Gasteiger partial charge in [-0.3, -0.25) is 14.0 Å². The molecule has 0 aliphatic rings. The fourth-order valence-corrected chi connectivity index (χ4v) is 3.82. The molecule has 5 nitrogen and oxygen atoms in total. The number of carbonyl (C=O) groups is 1. The lowest BCUT2D eigenvalue weighted by Gasteiger charge is -2.07. The average Bonchev–Trinajstić information content (AvgIpc) is 3.13. The smallest absolute Gasteiger partial charge is 0.271 e. The van der Waals surface area contributed by atoms with Crippen LogP contribution in [-0.4, -0.2) is 15.3 Å². The fourth-order valence-electron chi connectivity index (χ4n) is 2.96. The normalized spacial score (nSPS) is 10.9. The second kappa shape index (κ2) is 7.40. The number of aromatic nitrogens is 2. The Bertz CT molecular complexity index is 1210. The number of carbonyl (C=O) groups excluding carboxylic acids is 1. The second-order valence-corrected chi connectivity index (χ2v) is 7.59. The summed E-state index contributed by atoms with van der Waals surface area (Å²) in [5.41, 5.74) is 4.61. The predicted molar refractivity (Wildman–Crippen MR) is 112 cm³/mol. The minimum Gasteiger partial charge on any atom is -0.348 e. The Labute approximate surface area is 166 Å². The molecule has 0 saturated carbocycles. The molecule has 0 spiro atoms. The lowest BCUT2D eigenvalue weighted by atomic mass is 10.1. The lowest BCUT2D eigenvalue weighted by molar-refractivity contribution is 0.0949. The number of thiazole rings is 1. The SMILES string of the molecule is Cc1ccc(CNC(=O)c2cnc3scc(-c4ccc(C)cc4)n3c2=O)cc1. The number of nitrogens with zero attached hydrogens (tertiary/aromatic N) is 2. The van der Waals surface area contributed by atoms with E-state index >= 15 is 0 Å². The third-order valence-corrected chi connectivity index (χ3v) is 5.45. The van der Waals surface area contributed by atoms with Crippen LogP contribution >= 0.6 is 11.3 Å². The number of benzene rings is 2. The largest absolute Gasteiger partial charge is 0.348 e. The first kappa shape index (κ1) is 18.1. The topological polar surface area (TPSA) is 63.5 Å². The first-order valence-electron chi connectivity index (χ1n) is 8.93. The summed E-state index contributed by atoms with van der Waals surface area (Å²) in [4.78, 5) is 30.5. The van der Waals surface area contributed by atoms with Gasteiger partial charge in [0, 0.05) is 18.1 Å². The third-order valence-electron chi connectivity index (χ3n) is 4.61. The molecular formula is C22H19N3O2S. The van der Waals surface area contributed by atoms with E-state index in [1.807, 2.05) is 67.8 Å². The van der Waals surface area contributed by atoms with Gasteiger partial charge in [0.2, 0.25) is 0 Å². The number of fused-ring (bicyclic) bond motifs is 1. The molecule has 0 aliphatic carbocycles. The highest BCUT2D eigenvalue weighted by Gasteiger charge is 2.17. The zero-order valence-electron chi connectivity index (χ0n) is 15.6. The molecule has 28 heavy (non-hydrogen) atoms. The average molecular weight is 389 g/mol. The molecule has 0 fully saturated rings. The maximum absolute atomic E-state index is 13.0. The third kappa shape index (κ3) is 3.46. The summed E-state index contributed by atoms with van der Waals surface area (Å²) >= 11 is 1.38. The minimum absolute atomic E-state index is 0.0383. The number of hydrogen-bond donors (Lipinski definition) is 1. The van der Waals surface area contributed by atoms with Gasteiger partial charge in [0.05, 0.1) is 5.69 Å². The quantitative estimate of drug-likeness (QED) is 0.574. The summed E-state index contributed by atoms with van der Waals surface area (Å²) in [6, 6.07) is 15.8. The molecular weight excluding hydrogens is 370 g/mol. The van der Waals surface area contributed by atoms with Gasteiger partial charge in [0.15, 0.2) is 4.96 Å². The van der Waals surface area contributed by atoms with Crippen molar-refractivity contribution in [1.29, 1.82) is 0 Å². The van der Waals surface area contributed by atoms with Gasteiger partial charge < -0.3 is 5.32 Å².